The molecule has 108 valence electrons. The van der Waals surface area contributed by atoms with Crippen LogP contribution < -0.4 is 4.74 Å². The van der Waals surface area contributed by atoms with Gasteiger partial charge in [-0.05, 0) is 24.1 Å². The third-order valence-corrected chi connectivity index (χ3v) is 4.13. The third kappa shape index (κ3) is 2.64. The van der Waals surface area contributed by atoms with Gasteiger partial charge in [0.15, 0.2) is 6.10 Å². The highest BCUT2D eigenvalue weighted by atomic mass is 16.5. The number of benzene rings is 2. The largest absolute Gasteiger partial charge is 0.480 e. The fourth-order valence-corrected chi connectivity index (χ4v) is 2.69. The third-order valence-electron chi connectivity index (χ3n) is 4.13. The van der Waals surface area contributed by atoms with Gasteiger partial charge in [-0.3, -0.25) is 4.79 Å². The first-order chi connectivity index (χ1) is 10.2. The number of hydrogen-bond donors (Lipinski definition) is 0. The zero-order valence-electron chi connectivity index (χ0n) is 12.3. The summed E-state index contributed by atoms with van der Waals surface area (Å²) in [6.07, 6.45) is 0.250. The zero-order valence-corrected chi connectivity index (χ0v) is 12.3. The maximum Gasteiger partial charge on any atom is 0.264 e. The molecule has 1 aliphatic heterocycles. The van der Waals surface area contributed by atoms with E-state index >= 15 is 0 Å². The van der Waals surface area contributed by atoms with E-state index < -0.39 is 6.10 Å². The summed E-state index contributed by atoms with van der Waals surface area (Å²) in [5.41, 5.74) is 2.24. The quantitative estimate of drug-likeness (QED) is 0.864. The Kier molecular flexibility index (Phi) is 3.65. The van der Waals surface area contributed by atoms with Crippen LogP contribution in [0.1, 0.15) is 24.1 Å². The number of likely N-dealkylation sites (N-methyl/N-ethyl adjacent to an activating group) is 1. The molecule has 1 amide bonds. The number of hydrogen-bond acceptors (Lipinski definition) is 2. The van der Waals surface area contributed by atoms with Crippen LogP contribution in [0.4, 0.5) is 0 Å². The molecule has 21 heavy (non-hydrogen) atoms. The summed E-state index contributed by atoms with van der Waals surface area (Å²) in [6, 6.07) is 17.9. The van der Waals surface area contributed by atoms with Gasteiger partial charge < -0.3 is 9.64 Å². The number of fused-ring (bicyclic) bond motifs is 1. The topological polar surface area (TPSA) is 29.5 Å². The lowest BCUT2D eigenvalue weighted by atomic mass is 10.1. The molecule has 3 rings (SSSR count). The Morgan fingerprint density at radius 2 is 1.81 bits per heavy atom. The second kappa shape index (κ2) is 5.60. The zero-order chi connectivity index (χ0) is 14.8. The maximum absolute atomic E-state index is 12.6. The smallest absolute Gasteiger partial charge is 0.264 e. The van der Waals surface area contributed by atoms with E-state index in [2.05, 4.69) is 0 Å². The van der Waals surface area contributed by atoms with E-state index in [0.29, 0.717) is 6.42 Å². The molecule has 2 aromatic rings. The molecule has 2 aromatic carbocycles. The molecule has 0 saturated heterocycles. The van der Waals surface area contributed by atoms with Crippen molar-refractivity contribution in [3.05, 3.63) is 65.7 Å². The minimum Gasteiger partial charge on any atom is -0.480 e. The molecular weight excluding hydrogens is 262 g/mol. The molecule has 0 saturated carbocycles. The Morgan fingerprint density at radius 3 is 2.52 bits per heavy atom. The van der Waals surface area contributed by atoms with Gasteiger partial charge in [0.25, 0.3) is 5.91 Å². The minimum absolute atomic E-state index is 0.0301. The van der Waals surface area contributed by atoms with Crippen LogP contribution in [0.3, 0.4) is 0 Å². The Morgan fingerprint density at radius 1 is 1.14 bits per heavy atom. The van der Waals surface area contributed by atoms with Crippen LogP contribution in [0.2, 0.25) is 0 Å². The molecule has 0 unspecified atom stereocenters. The van der Waals surface area contributed by atoms with Crippen molar-refractivity contribution in [2.24, 2.45) is 0 Å². The van der Waals surface area contributed by atoms with E-state index in [9.17, 15) is 4.79 Å². The van der Waals surface area contributed by atoms with Crippen LogP contribution in [0, 0.1) is 0 Å². The first kappa shape index (κ1) is 13.7. The fourth-order valence-electron chi connectivity index (χ4n) is 2.69. The molecule has 2 atom stereocenters. The highest BCUT2D eigenvalue weighted by molar-refractivity contribution is 5.82. The van der Waals surface area contributed by atoms with Crippen LogP contribution in [-0.4, -0.2) is 24.0 Å². The average Bonchev–Trinajstić information content (AvgIpc) is 2.97. The summed E-state index contributed by atoms with van der Waals surface area (Å²) in [6.45, 7) is 2.04. The minimum atomic E-state index is -0.404. The van der Waals surface area contributed by atoms with Crippen LogP contribution in [0.15, 0.2) is 54.6 Å². The lowest BCUT2D eigenvalue weighted by Gasteiger charge is -2.27. The average molecular weight is 281 g/mol. The van der Waals surface area contributed by atoms with Gasteiger partial charge in [-0.25, -0.2) is 0 Å². The summed E-state index contributed by atoms with van der Waals surface area (Å²) in [7, 11) is 1.84. The molecule has 0 radical (unpaired) electrons. The van der Waals surface area contributed by atoms with Crippen LogP contribution in [0.5, 0.6) is 5.75 Å². The van der Waals surface area contributed by atoms with Gasteiger partial charge >= 0.3 is 0 Å². The van der Waals surface area contributed by atoms with Crippen molar-refractivity contribution in [2.45, 2.75) is 25.5 Å². The Balaban J connectivity index is 1.72. The molecule has 0 aromatic heterocycles. The van der Waals surface area contributed by atoms with Gasteiger partial charge in [0.2, 0.25) is 0 Å². The Labute approximate surface area is 125 Å². The first-order valence-electron chi connectivity index (χ1n) is 7.23. The summed E-state index contributed by atoms with van der Waals surface area (Å²) < 4.78 is 5.78. The molecule has 0 fully saturated rings. The van der Waals surface area contributed by atoms with Crippen molar-refractivity contribution < 1.29 is 9.53 Å². The monoisotopic (exact) mass is 281 g/mol. The molecule has 0 N–H and O–H groups in total. The Bertz CT molecular complexity index is 614. The van der Waals surface area contributed by atoms with Crippen molar-refractivity contribution in [3.63, 3.8) is 0 Å². The van der Waals surface area contributed by atoms with E-state index in [1.807, 2.05) is 68.6 Å². The molecule has 0 aliphatic carbocycles. The number of ether oxygens (including phenoxy) is 1. The first-order valence-corrected chi connectivity index (χ1v) is 7.23. The number of nitrogens with zero attached hydrogens (tertiary/aromatic N) is 1. The molecular formula is C18H19NO2. The van der Waals surface area contributed by atoms with E-state index in [1.54, 1.807) is 4.90 Å². The highest BCUT2D eigenvalue weighted by Gasteiger charge is 2.32. The number of para-hydroxylation sites is 1. The van der Waals surface area contributed by atoms with Crippen molar-refractivity contribution in [3.8, 4) is 5.75 Å². The van der Waals surface area contributed by atoms with Crippen LogP contribution in [0.25, 0.3) is 0 Å². The summed E-state index contributed by atoms with van der Waals surface area (Å²) in [5.74, 6) is 0.860. The van der Waals surface area contributed by atoms with Gasteiger partial charge in [0, 0.05) is 13.5 Å². The number of carbonyl (C=O) groups excluding carboxylic acids is 1. The van der Waals surface area contributed by atoms with Crippen molar-refractivity contribution >= 4 is 5.91 Å². The van der Waals surface area contributed by atoms with Gasteiger partial charge in [-0.2, -0.15) is 0 Å². The van der Waals surface area contributed by atoms with Gasteiger partial charge in [-0.15, -0.1) is 0 Å². The lowest BCUT2D eigenvalue weighted by Crippen LogP contribution is -2.40. The predicted octanol–water partition coefficient (Wildman–Crippen LogP) is 3.21. The van der Waals surface area contributed by atoms with Crippen molar-refractivity contribution in [1.82, 2.24) is 4.90 Å². The number of carbonyl (C=O) groups is 1. The summed E-state index contributed by atoms with van der Waals surface area (Å²) >= 11 is 0. The highest BCUT2D eigenvalue weighted by Crippen LogP contribution is 2.30. The van der Waals surface area contributed by atoms with E-state index in [4.69, 9.17) is 4.74 Å². The molecule has 3 nitrogen and oxygen atoms in total. The normalized spacial score (nSPS) is 17.7. The SMILES string of the molecule is C[C@H](c1ccccc1)N(C)C(=O)[C@H]1Cc2ccccc2O1. The van der Waals surface area contributed by atoms with Crippen molar-refractivity contribution in [2.75, 3.05) is 7.05 Å². The van der Waals surface area contributed by atoms with Crippen LogP contribution in [-0.2, 0) is 11.2 Å². The van der Waals surface area contributed by atoms with E-state index in [-0.39, 0.29) is 11.9 Å². The summed E-state index contributed by atoms with van der Waals surface area (Å²) in [4.78, 5) is 14.4. The van der Waals surface area contributed by atoms with Crippen LogP contribution >= 0.6 is 0 Å². The number of rotatable bonds is 3. The Hall–Kier alpha value is -2.29. The van der Waals surface area contributed by atoms with E-state index in [1.165, 1.54) is 0 Å². The molecule has 1 heterocycles. The standard InChI is InChI=1S/C18H19NO2/c1-13(14-8-4-3-5-9-14)19(2)18(20)17-12-15-10-6-7-11-16(15)21-17/h3-11,13,17H,12H2,1-2H3/t13-,17-/m1/s1. The van der Waals surface area contributed by atoms with E-state index in [0.717, 1.165) is 16.9 Å². The lowest BCUT2D eigenvalue weighted by molar-refractivity contribution is -0.138. The predicted molar refractivity (Wildman–Crippen MR) is 82.2 cm³/mol. The summed E-state index contributed by atoms with van der Waals surface area (Å²) in [5, 5.41) is 0. The van der Waals surface area contributed by atoms with Crippen molar-refractivity contribution in [1.29, 1.82) is 0 Å². The second-order valence-electron chi connectivity index (χ2n) is 5.45. The molecule has 1 aliphatic rings. The second-order valence-corrected chi connectivity index (χ2v) is 5.45. The molecule has 0 spiro atoms. The maximum atomic E-state index is 12.6. The number of amides is 1. The fraction of sp³-hybridized carbons (Fsp3) is 0.278. The molecule has 0 bridgehead atoms. The van der Waals surface area contributed by atoms with Gasteiger partial charge in [-0.1, -0.05) is 48.5 Å². The molecule has 3 heteroatoms. The van der Waals surface area contributed by atoms with Gasteiger partial charge in [0.05, 0.1) is 6.04 Å². The van der Waals surface area contributed by atoms with Gasteiger partial charge in [0.1, 0.15) is 5.75 Å².